The van der Waals surface area contributed by atoms with Crippen LogP contribution in [-0.4, -0.2) is 58.3 Å². The number of likely N-dealkylation sites (tertiary alicyclic amines) is 1. The predicted octanol–water partition coefficient (Wildman–Crippen LogP) is 3.55. The molecule has 0 atom stereocenters. The van der Waals surface area contributed by atoms with E-state index < -0.39 is 0 Å². The fraction of sp³-hybridized carbons (Fsp3) is 0.421. The Bertz CT molecular complexity index is 916. The number of nitrogens with one attached hydrogen (secondary N) is 1. The molecule has 7 nitrogen and oxygen atoms in total. The minimum Gasteiger partial charge on any atom is -0.384 e. The highest BCUT2D eigenvalue weighted by molar-refractivity contribution is 7.20. The van der Waals surface area contributed by atoms with Gasteiger partial charge in [0.15, 0.2) is 0 Å². The number of carbonyl (C=O) groups is 1. The number of methoxy groups -OCH3 is 1. The summed E-state index contributed by atoms with van der Waals surface area (Å²) < 4.78 is 6.79. The van der Waals surface area contributed by atoms with Crippen molar-refractivity contribution >= 4 is 38.9 Å². The first kappa shape index (κ1) is 19.2. The number of rotatable bonds is 6. The lowest BCUT2D eigenvalue weighted by molar-refractivity contribution is -0.133. The molecule has 0 unspecified atom stereocenters. The lowest BCUT2D eigenvalue weighted by Gasteiger charge is -2.32. The van der Waals surface area contributed by atoms with E-state index in [2.05, 4.69) is 15.4 Å². The summed E-state index contributed by atoms with van der Waals surface area (Å²) in [7, 11) is 1.62. The zero-order valence-corrected chi connectivity index (χ0v) is 17.2. The Kier molecular flexibility index (Phi) is 5.79. The molecule has 4 rings (SSSR count). The van der Waals surface area contributed by atoms with Crippen molar-refractivity contribution in [1.29, 1.82) is 0 Å². The Hall–Kier alpha value is -2.16. The van der Waals surface area contributed by atoms with E-state index in [4.69, 9.17) is 16.3 Å². The summed E-state index contributed by atoms with van der Waals surface area (Å²) in [5.74, 6) is 0.169. The Morgan fingerprint density at radius 1 is 1.32 bits per heavy atom. The van der Waals surface area contributed by atoms with Gasteiger partial charge >= 0.3 is 0 Å². The number of anilines is 1. The maximum atomic E-state index is 12.1. The molecule has 2 aromatic heterocycles. The number of ether oxygens (including phenoxy) is 1. The Balaban J connectivity index is 1.35. The van der Waals surface area contributed by atoms with Crippen LogP contribution in [0.4, 0.5) is 5.13 Å². The maximum Gasteiger partial charge on any atom is 0.224 e. The fourth-order valence-corrected chi connectivity index (χ4v) is 4.30. The van der Waals surface area contributed by atoms with Crippen molar-refractivity contribution < 1.29 is 9.53 Å². The number of halogens is 1. The molecule has 1 N–H and O–H groups in total. The molecule has 0 spiro atoms. The zero-order chi connectivity index (χ0) is 19.5. The SMILES string of the molecule is COCCC(=O)N1CCC(Nc2nn3cc(-c4ccc(Cl)cc4)nc3s2)CC1. The van der Waals surface area contributed by atoms with Gasteiger partial charge in [-0.05, 0) is 25.0 Å². The number of carbonyl (C=O) groups excluding carboxylic acids is 1. The van der Waals surface area contributed by atoms with Gasteiger partial charge in [-0.1, -0.05) is 35.1 Å². The minimum atomic E-state index is 0.169. The van der Waals surface area contributed by atoms with Crippen molar-refractivity contribution in [2.24, 2.45) is 0 Å². The predicted molar refractivity (Wildman–Crippen MR) is 111 cm³/mol. The van der Waals surface area contributed by atoms with Crippen molar-refractivity contribution in [1.82, 2.24) is 19.5 Å². The molecule has 1 aliphatic rings. The van der Waals surface area contributed by atoms with Crippen molar-refractivity contribution in [2.75, 3.05) is 32.1 Å². The Labute approximate surface area is 172 Å². The summed E-state index contributed by atoms with van der Waals surface area (Å²) in [5.41, 5.74) is 1.90. The molecule has 0 saturated carbocycles. The van der Waals surface area contributed by atoms with Crippen molar-refractivity contribution in [2.45, 2.75) is 25.3 Å². The topological polar surface area (TPSA) is 71.8 Å². The second-order valence-electron chi connectivity index (χ2n) is 6.81. The van der Waals surface area contributed by atoms with E-state index in [9.17, 15) is 4.79 Å². The number of nitrogens with zero attached hydrogens (tertiary/aromatic N) is 4. The number of piperidine rings is 1. The molecule has 1 amide bonds. The molecular weight excluding hydrogens is 398 g/mol. The second kappa shape index (κ2) is 8.46. The van der Waals surface area contributed by atoms with Crippen LogP contribution < -0.4 is 5.32 Å². The molecule has 3 aromatic rings. The third kappa shape index (κ3) is 4.29. The lowest BCUT2D eigenvalue weighted by Crippen LogP contribution is -2.42. The lowest BCUT2D eigenvalue weighted by atomic mass is 10.1. The van der Waals surface area contributed by atoms with Crippen molar-refractivity contribution in [3.05, 3.63) is 35.5 Å². The highest BCUT2D eigenvalue weighted by Crippen LogP contribution is 2.26. The largest absolute Gasteiger partial charge is 0.384 e. The van der Waals surface area contributed by atoms with Crippen molar-refractivity contribution in [3.63, 3.8) is 0 Å². The molecular formula is C19H22ClN5O2S. The van der Waals surface area contributed by atoms with Gasteiger partial charge < -0.3 is 15.0 Å². The van der Waals surface area contributed by atoms with Crippen LogP contribution in [0.3, 0.4) is 0 Å². The quantitative estimate of drug-likeness (QED) is 0.661. The standard InChI is InChI=1S/C19H22ClN5O2S/c1-27-11-8-17(26)24-9-6-15(7-10-24)21-18-23-25-12-16(22-19(25)28-18)13-2-4-14(20)5-3-13/h2-5,12,15H,6-11H2,1H3,(H,21,23). The molecule has 3 heterocycles. The average Bonchev–Trinajstić information content (AvgIpc) is 3.26. The molecule has 1 saturated heterocycles. The second-order valence-corrected chi connectivity index (χ2v) is 8.20. The third-order valence-corrected chi connectivity index (χ3v) is 5.98. The number of benzene rings is 1. The number of amides is 1. The molecule has 28 heavy (non-hydrogen) atoms. The first-order valence-corrected chi connectivity index (χ1v) is 10.5. The zero-order valence-electron chi connectivity index (χ0n) is 15.6. The van der Waals surface area contributed by atoms with E-state index in [1.165, 1.54) is 11.3 Å². The number of imidazole rings is 1. The van der Waals surface area contributed by atoms with E-state index in [0.29, 0.717) is 24.1 Å². The Morgan fingerprint density at radius 2 is 2.07 bits per heavy atom. The smallest absolute Gasteiger partial charge is 0.224 e. The van der Waals surface area contributed by atoms with E-state index in [0.717, 1.165) is 47.3 Å². The summed E-state index contributed by atoms with van der Waals surface area (Å²) in [6.07, 6.45) is 4.21. The van der Waals surface area contributed by atoms with Gasteiger partial charge in [-0.15, -0.1) is 5.10 Å². The molecule has 148 valence electrons. The van der Waals surface area contributed by atoms with Gasteiger partial charge in [0.25, 0.3) is 0 Å². The Morgan fingerprint density at radius 3 is 2.75 bits per heavy atom. The van der Waals surface area contributed by atoms with Crippen LogP contribution in [0.15, 0.2) is 30.5 Å². The van der Waals surface area contributed by atoms with Crippen LogP contribution in [0, 0.1) is 0 Å². The minimum absolute atomic E-state index is 0.169. The van der Waals surface area contributed by atoms with Gasteiger partial charge in [0.05, 0.1) is 24.9 Å². The van der Waals surface area contributed by atoms with Crippen LogP contribution in [0.25, 0.3) is 16.2 Å². The molecule has 0 radical (unpaired) electrons. The molecule has 1 fully saturated rings. The van der Waals surface area contributed by atoms with Crippen molar-refractivity contribution in [3.8, 4) is 11.3 Å². The molecule has 9 heteroatoms. The summed E-state index contributed by atoms with van der Waals surface area (Å²) >= 11 is 7.48. The maximum absolute atomic E-state index is 12.1. The van der Waals surface area contributed by atoms with Crippen LogP contribution in [0.2, 0.25) is 5.02 Å². The summed E-state index contributed by atoms with van der Waals surface area (Å²) in [6.45, 7) is 2.01. The van der Waals surface area contributed by atoms with Gasteiger partial charge in [-0.25, -0.2) is 9.50 Å². The summed E-state index contributed by atoms with van der Waals surface area (Å²) in [6, 6.07) is 7.94. The third-order valence-electron chi connectivity index (χ3n) is 4.88. The normalized spacial score (nSPS) is 15.3. The number of aromatic nitrogens is 3. The van der Waals surface area contributed by atoms with Gasteiger partial charge in [-0.3, -0.25) is 4.79 Å². The van der Waals surface area contributed by atoms with Crippen LogP contribution in [0.1, 0.15) is 19.3 Å². The van der Waals surface area contributed by atoms with E-state index in [-0.39, 0.29) is 5.91 Å². The molecule has 1 aromatic carbocycles. The highest BCUT2D eigenvalue weighted by Gasteiger charge is 2.23. The van der Waals surface area contributed by atoms with Gasteiger partial charge in [0, 0.05) is 36.8 Å². The highest BCUT2D eigenvalue weighted by atomic mass is 35.5. The average molecular weight is 420 g/mol. The van der Waals surface area contributed by atoms with Gasteiger partial charge in [-0.2, -0.15) is 0 Å². The van der Waals surface area contributed by atoms with E-state index in [1.807, 2.05) is 35.4 Å². The number of hydrogen-bond donors (Lipinski definition) is 1. The first-order valence-electron chi connectivity index (χ1n) is 9.28. The summed E-state index contributed by atoms with van der Waals surface area (Å²) in [5, 5.41) is 9.66. The van der Waals surface area contributed by atoms with Crippen LogP contribution >= 0.6 is 22.9 Å². The van der Waals surface area contributed by atoms with Crippen LogP contribution in [-0.2, 0) is 9.53 Å². The monoisotopic (exact) mass is 419 g/mol. The van der Waals surface area contributed by atoms with Gasteiger partial charge in [0.1, 0.15) is 0 Å². The van der Waals surface area contributed by atoms with E-state index >= 15 is 0 Å². The molecule has 0 bridgehead atoms. The van der Waals surface area contributed by atoms with Gasteiger partial charge in [0.2, 0.25) is 16.0 Å². The van der Waals surface area contributed by atoms with E-state index in [1.54, 1.807) is 11.6 Å². The number of hydrogen-bond acceptors (Lipinski definition) is 6. The fourth-order valence-electron chi connectivity index (χ4n) is 3.31. The number of fused-ring (bicyclic) bond motifs is 1. The summed E-state index contributed by atoms with van der Waals surface area (Å²) in [4.78, 5) is 19.5. The van der Waals surface area contributed by atoms with Crippen LogP contribution in [0.5, 0.6) is 0 Å². The molecule has 0 aliphatic carbocycles. The molecule has 1 aliphatic heterocycles. The first-order chi connectivity index (χ1) is 13.6.